The highest BCUT2D eigenvalue weighted by Crippen LogP contribution is 2.22. The van der Waals surface area contributed by atoms with Gasteiger partial charge in [-0.05, 0) is 63.0 Å². The van der Waals surface area contributed by atoms with Gasteiger partial charge < -0.3 is 10.0 Å². The van der Waals surface area contributed by atoms with Crippen molar-refractivity contribution in [2.45, 2.75) is 32.2 Å². The zero-order valence-corrected chi connectivity index (χ0v) is 14.9. The van der Waals surface area contributed by atoms with Crippen molar-refractivity contribution in [3.8, 4) is 11.4 Å². The molecule has 0 aliphatic carbocycles. The van der Waals surface area contributed by atoms with Crippen LogP contribution in [0, 0.1) is 5.92 Å². The Morgan fingerprint density at radius 2 is 2.08 bits per heavy atom. The van der Waals surface area contributed by atoms with Crippen LogP contribution in [0.25, 0.3) is 11.4 Å². The summed E-state index contributed by atoms with van der Waals surface area (Å²) in [4.78, 5) is 7.12. The molecule has 0 saturated carbocycles. The Morgan fingerprint density at radius 3 is 2.79 bits per heavy atom. The average molecular weight is 349 g/mol. The molecule has 1 aliphatic heterocycles. The Bertz CT molecular complexity index is 656. The molecule has 1 N–H and O–H groups in total. The predicted octanol–water partition coefficient (Wildman–Crippen LogP) is 2.87. The van der Waals surface area contributed by atoms with Crippen LogP contribution in [0.1, 0.15) is 25.1 Å². The van der Waals surface area contributed by atoms with E-state index >= 15 is 0 Å². The predicted molar refractivity (Wildman–Crippen MR) is 96.1 cm³/mol. The Morgan fingerprint density at radius 1 is 1.29 bits per heavy atom. The van der Waals surface area contributed by atoms with E-state index in [4.69, 9.17) is 16.6 Å². The highest BCUT2D eigenvalue weighted by molar-refractivity contribution is 6.30. The summed E-state index contributed by atoms with van der Waals surface area (Å²) in [5, 5.41) is 14.6. The van der Waals surface area contributed by atoms with Crippen LogP contribution in [0.5, 0.6) is 0 Å². The number of halogens is 1. The summed E-state index contributed by atoms with van der Waals surface area (Å²) in [6.45, 7) is 2.93. The van der Waals surface area contributed by atoms with Crippen LogP contribution in [0.15, 0.2) is 24.3 Å². The number of aryl methyl sites for hydroxylation is 1. The zero-order valence-electron chi connectivity index (χ0n) is 14.2. The standard InChI is InChI=1S/C18H25ClN4O/c1-22-10-2-3-14(13-22)4-9-17-20-18(21-23(17)11-12-24)15-5-7-16(19)8-6-15/h5-8,14,24H,2-4,9-13H2,1H3/t14-/m0/s1. The Balaban J connectivity index is 1.72. The van der Waals surface area contributed by atoms with E-state index < -0.39 is 0 Å². The number of benzene rings is 1. The van der Waals surface area contributed by atoms with Crippen molar-refractivity contribution in [1.29, 1.82) is 0 Å². The number of likely N-dealkylation sites (tertiary alicyclic amines) is 1. The molecule has 0 bridgehead atoms. The van der Waals surface area contributed by atoms with Crippen LogP contribution in [0.3, 0.4) is 0 Å². The minimum absolute atomic E-state index is 0.0720. The summed E-state index contributed by atoms with van der Waals surface area (Å²) >= 11 is 5.95. The van der Waals surface area contributed by atoms with E-state index in [2.05, 4.69) is 17.0 Å². The van der Waals surface area contributed by atoms with Crippen molar-refractivity contribution < 1.29 is 5.11 Å². The molecule has 0 radical (unpaired) electrons. The van der Waals surface area contributed by atoms with E-state index in [1.54, 1.807) is 0 Å². The van der Waals surface area contributed by atoms with Gasteiger partial charge >= 0.3 is 0 Å². The summed E-state index contributed by atoms with van der Waals surface area (Å²) in [5.41, 5.74) is 0.953. The number of piperidine rings is 1. The van der Waals surface area contributed by atoms with Gasteiger partial charge in [0.05, 0.1) is 13.2 Å². The van der Waals surface area contributed by atoms with Crippen LogP contribution in [-0.2, 0) is 13.0 Å². The molecule has 1 atom stereocenters. The van der Waals surface area contributed by atoms with E-state index in [1.807, 2.05) is 28.9 Å². The summed E-state index contributed by atoms with van der Waals surface area (Å²) in [7, 11) is 2.19. The van der Waals surface area contributed by atoms with Crippen molar-refractivity contribution in [2.75, 3.05) is 26.7 Å². The van der Waals surface area contributed by atoms with E-state index in [9.17, 15) is 5.11 Å². The second-order valence-electron chi connectivity index (χ2n) is 6.61. The van der Waals surface area contributed by atoms with Crippen LogP contribution < -0.4 is 0 Å². The average Bonchev–Trinajstić information content (AvgIpc) is 2.97. The van der Waals surface area contributed by atoms with Crippen LogP contribution in [0.2, 0.25) is 5.02 Å². The first-order chi connectivity index (χ1) is 11.7. The monoisotopic (exact) mass is 348 g/mol. The minimum atomic E-state index is 0.0720. The molecule has 1 aromatic carbocycles. The molecule has 3 rings (SSSR count). The van der Waals surface area contributed by atoms with Crippen molar-refractivity contribution >= 4 is 11.6 Å². The van der Waals surface area contributed by atoms with Crippen molar-refractivity contribution in [3.05, 3.63) is 35.1 Å². The molecule has 130 valence electrons. The first kappa shape index (κ1) is 17.4. The smallest absolute Gasteiger partial charge is 0.181 e. The number of rotatable bonds is 6. The number of aliphatic hydroxyl groups excluding tert-OH is 1. The second-order valence-corrected chi connectivity index (χ2v) is 7.05. The number of nitrogens with zero attached hydrogens (tertiary/aromatic N) is 4. The third-order valence-electron chi connectivity index (χ3n) is 4.66. The number of hydrogen-bond donors (Lipinski definition) is 1. The number of aromatic nitrogens is 3. The molecule has 2 heterocycles. The Labute approximate surface area is 148 Å². The molecular formula is C18H25ClN4O. The molecule has 1 fully saturated rings. The SMILES string of the molecule is CN1CCC[C@@H](CCc2nc(-c3ccc(Cl)cc3)nn2CCO)C1. The quantitative estimate of drug-likeness (QED) is 0.872. The number of aliphatic hydroxyl groups is 1. The van der Waals surface area contributed by atoms with E-state index in [0.717, 1.165) is 36.7 Å². The maximum atomic E-state index is 9.30. The third kappa shape index (κ3) is 4.35. The molecular weight excluding hydrogens is 324 g/mol. The van der Waals surface area contributed by atoms with E-state index in [-0.39, 0.29) is 6.61 Å². The van der Waals surface area contributed by atoms with Gasteiger partial charge in [0.25, 0.3) is 0 Å². The summed E-state index contributed by atoms with van der Waals surface area (Å²) < 4.78 is 1.84. The van der Waals surface area contributed by atoms with Gasteiger partial charge in [-0.15, -0.1) is 0 Å². The van der Waals surface area contributed by atoms with Crippen LogP contribution in [0.4, 0.5) is 0 Å². The highest BCUT2D eigenvalue weighted by atomic mass is 35.5. The fourth-order valence-corrected chi connectivity index (χ4v) is 3.52. The van der Waals surface area contributed by atoms with Gasteiger partial charge in [-0.3, -0.25) is 0 Å². The first-order valence-electron chi connectivity index (χ1n) is 8.65. The summed E-state index contributed by atoms with van der Waals surface area (Å²) in [6, 6.07) is 7.56. The largest absolute Gasteiger partial charge is 0.394 e. The van der Waals surface area contributed by atoms with Crippen LogP contribution in [-0.4, -0.2) is 51.5 Å². The van der Waals surface area contributed by atoms with Gasteiger partial charge in [-0.25, -0.2) is 9.67 Å². The van der Waals surface area contributed by atoms with Gasteiger partial charge in [-0.2, -0.15) is 5.10 Å². The lowest BCUT2D eigenvalue weighted by molar-refractivity contribution is 0.201. The van der Waals surface area contributed by atoms with Gasteiger partial charge in [-0.1, -0.05) is 11.6 Å². The number of hydrogen-bond acceptors (Lipinski definition) is 4. The maximum Gasteiger partial charge on any atom is 0.181 e. The molecule has 2 aromatic rings. The van der Waals surface area contributed by atoms with Crippen molar-refractivity contribution in [1.82, 2.24) is 19.7 Å². The fraction of sp³-hybridized carbons (Fsp3) is 0.556. The van der Waals surface area contributed by atoms with E-state index in [0.29, 0.717) is 17.4 Å². The lowest BCUT2D eigenvalue weighted by Crippen LogP contribution is -2.32. The van der Waals surface area contributed by atoms with Crippen molar-refractivity contribution in [3.63, 3.8) is 0 Å². The molecule has 24 heavy (non-hydrogen) atoms. The topological polar surface area (TPSA) is 54.2 Å². The summed E-state index contributed by atoms with van der Waals surface area (Å²) in [6.07, 6.45) is 4.59. The Kier molecular flexibility index (Phi) is 5.87. The van der Waals surface area contributed by atoms with E-state index in [1.165, 1.54) is 19.4 Å². The fourth-order valence-electron chi connectivity index (χ4n) is 3.40. The molecule has 0 amide bonds. The Hall–Kier alpha value is -1.43. The second kappa shape index (κ2) is 8.10. The van der Waals surface area contributed by atoms with Gasteiger partial charge in [0, 0.05) is 23.6 Å². The highest BCUT2D eigenvalue weighted by Gasteiger charge is 2.19. The lowest BCUT2D eigenvalue weighted by atomic mass is 9.93. The molecule has 0 unspecified atom stereocenters. The molecule has 0 spiro atoms. The summed E-state index contributed by atoms with van der Waals surface area (Å²) in [5.74, 6) is 2.39. The molecule has 1 aromatic heterocycles. The lowest BCUT2D eigenvalue weighted by Gasteiger charge is -2.29. The van der Waals surface area contributed by atoms with Crippen LogP contribution >= 0.6 is 11.6 Å². The normalized spacial score (nSPS) is 18.9. The van der Waals surface area contributed by atoms with Crippen molar-refractivity contribution in [2.24, 2.45) is 5.92 Å². The maximum absolute atomic E-state index is 9.30. The zero-order chi connectivity index (χ0) is 16.9. The third-order valence-corrected chi connectivity index (χ3v) is 4.91. The molecule has 6 heteroatoms. The van der Waals surface area contributed by atoms with Gasteiger partial charge in [0.15, 0.2) is 5.82 Å². The van der Waals surface area contributed by atoms with Gasteiger partial charge in [0.2, 0.25) is 0 Å². The molecule has 5 nitrogen and oxygen atoms in total. The minimum Gasteiger partial charge on any atom is -0.394 e. The molecule has 1 saturated heterocycles. The molecule has 1 aliphatic rings. The van der Waals surface area contributed by atoms with Gasteiger partial charge in [0.1, 0.15) is 5.82 Å². The first-order valence-corrected chi connectivity index (χ1v) is 9.02.